The van der Waals surface area contributed by atoms with E-state index in [9.17, 15) is 26.8 Å². The van der Waals surface area contributed by atoms with Gasteiger partial charge in [-0.3, -0.25) is 4.79 Å². The Kier molecular flexibility index (Phi) is 5.76. The number of urea groups is 1. The molecule has 3 amide bonds. The van der Waals surface area contributed by atoms with Gasteiger partial charge in [-0.1, -0.05) is 26.0 Å². The highest BCUT2D eigenvalue weighted by Crippen LogP contribution is 2.32. The molecule has 2 saturated heterocycles. The predicted octanol–water partition coefficient (Wildman–Crippen LogP) is 3.37. The molecule has 2 fully saturated rings. The van der Waals surface area contributed by atoms with Gasteiger partial charge in [0.2, 0.25) is 10.0 Å². The number of rotatable bonds is 5. The number of nitrogens with zero attached hydrogens (tertiary/aromatic N) is 2. The van der Waals surface area contributed by atoms with Crippen molar-refractivity contribution in [1.82, 2.24) is 9.62 Å². The zero-order valence-corrected chi connectivity index (χ0v) is 18.4. The Balaban J connectivity index is 1.51. The summed E-state index contributed by atoms with van der Waals surface area (Å²) in [5.41, 5.74) is 1.54. The van der Waals surface area contributed by atoms with Crippen molar-refractivity contribution in [3.8, 4) is 0 Å². The maximum atomic E-state index is 14.0. The van der Waals surface area contributed by atoms with E-state index in [0.717, 1.165) is 22.6 Å². The van der Waals surface area contributed by atoms with Crippen LogP contribution in [0.4, 0.5) is 19.3 Å². The van der Waals surface area contributed by atoms with Crippen LogP contribution in [0.3, 0.4) is 0 Å². The SMILES string of the molecule is CC(C)c1ccc(N2C(=O)C3CC(NS(=O)(=O)c4ccc(F)cc4F)CCN3C2=O)cc1. The number of halogens is 2. The lowest BCUT2D eigenvalue weighted by Gasteiger charge is -2.32. The lowest BCUT2D eigenvalue weighted by atomic mass is 9.99. The van der Waals surface area contributed by atoms with E-state index in [2.05, 4.69) is 4.72 Å². The summed E-state index contributed by atoms with van der Waals surface area (Å²) in [6.07, 6.45) is 0.324. The summed E-state index contributed by atoms with van der Waals surface area (Å²) >= 11 is 0. The number of hydrogen-bond acceptors (Lipinski definition) is 4. The molecule has 7 nitrogen and oxygen atoms in total. The minimum absolute atomic E-state index is 0.0627. The lowest BCUT2D eigenvalue weighted by Crippen LogP contribution is -2.49. The fourth-order valence-corrected chi connectivity index (χ4v) is 5.47. The zero-order chi connectivity index (χ0) is 23.2. The lowest BCUT2D eigenvalue weighted by molar-refractivity contribution is -0.120. The van der Waals surface area contributed by atoms with Crippen LogP contribution >= 0.6 is 0 Å². The molecular formula is C22H23F2N3O4S. The van der Waals surface area contributed by atoms with E-state index in [4.69, 9.17) is 0 Å². The predicted molar refractivity (Wildman–Crippen MR) is 114 cm³/mol. The first-order valence-electron chi connectivity index (χ1n) is 10.3. The van der Waals surface area contributed by atoms with E-state index in [-0.39, 0.29) is 19.4 Å². The van der Waals surface area contributed by atoms with Crippen molar-refractivity contribution in [2.24, 2.45) is 0 Å². The van der Waals surface area contributed by atoms with E-state index < -0.39 is 50.6 Å². The molecule has 2 atom stereocenters. The number of benzene rings is 2. The van der Waals surface area contributed by atoms with Crippen LogP contribution in [0.2, 0.25) is 0 Å². The molecule has 2 aliphatic heterocycles. The topological polar surface area (TPSA) is 86.8 Å². The number of hydrogen-bond donors (Lipinski definition) is 1. The molecule has 32 heavy (non-hydrogen) atoms. The van der Waals surface area contributed by atoms with Crippen molar-refractivity contribution >= 4 is 27.6 Å². The number of sulfonamides is 1. The normalized spacial score (nSPS) is 21.4. The maximum Gasteiger partial charge on any atom is 0.332 e. The van der Waals surface area contributed by atoms with Gasteiger partial charge >= 0.3 is 6.03 Å². The molecule has 2 unspecified atom stereocenters. The number of anilines is 1. The number of piperidine rings is 1. The van der Waals surface area contributed by atoms with Crippen LogP contribution in [0, 0.1) is 11.6 Å². The monoisotopic (exact) mass is 463 g/mol. The molecule has 0 saturated carbocycles. The van der Waals surface area contributed by atoms with E-state index in [0.29, 0.717) is 17.7 Å². The third-order valence-electron chi connectivity index (χ3n) is 5.87. The first kappa shape index (κ1) is 22.3. The second-order valence-electron chi connectivity index (χ2n) is 8.33. The van der Waals surface area contributed by atoms with Crippen molar-refractivity contribution in [3.05, 3.63) is 59.7 Å². The smallest absolute Gasteiger partial charge is 0.312 e. The Bertz CT molecular complexity index is 1170. The number of nitrogens with one attached hydrogen (secondary N) is 1. The van der Waals surface area contributed by atoms with Crippen LogP contribution in [-0.4, -0.2) is 43.9 Å². The summed E-state index contributed by atoms with van der Waals surface area (Å²) in [5.74, 6) is -2.20. The van der Waals surface area contributed by atoms with E-state index in [1.54, 1.807) is 12.1 Å². The van der Waals surface area contributed by atoms with Crippen molar-refractivity contribution in [2.45, 2.75) is 49.6 Å². The van der Waals surface area contributed by atoms with Crippen LogP contribution in [0.15, 0.2) is 47.4 Å². The van der Waals surface area contributed by atoms with Crippen molar-refractivity contribution in [2.75, 3.05) is 11.4 Å². The van der Waals surface area contributed by atoms with Gasteiger partial charge in [0.15, 0.2) is 0 Å². The fourth-order valence-electron chi connectivity index (χ4n) is 4.13. The molecule has 2 aromatic rings. The molecule has 4 rings (SSSR count). The summed E-state index contributed by atoms with van der Waals surface area (Å²) < 4.78 is 54.7. The zero-order valence-electron chi connectivity index (χ0n) is 17.6. The Morgan fingerprint density at radius 1 is 1.06 bits per heavy atom. The van der Waals surface area contributed by atoms with Crippen molar-refractivity contribution in [3.63, 3.8) is 0 Å². The fraction of sp³-hybridized carbons (Fsp3) is 0.364. The first-order chi connectivity index (χ1) is 15.1. The van der Waals surface area contributed by atoms with Crippen LogP contribution in [0.25, 0.3) is 0 Å². The molecule has 0 aliphatic carbocycles. The van der Waals surface area contributed by atoms with E-state index in [1.807, 2.05) is 26.0 Å². The highest BCUT2D eigenvalue weighted by atomic mass is 32.2. The summed E-state index contributed by atoms with van der Waals surface area (Å²) in [4.78, 5) is 27.8. The van der Waals surface area contributed by atoms with Crippen LogP contribution in [0.1, 0.15) is 38.2 Å². The molecule has 170 valence electrons. The number of amides is 3. The van der Waals surface area contributed by atoms with Gasteiger partial charge in [0.25, 0.3) is 5.91 Å². The number of fused-ring (bicyclic) bond motifs is 1. The summed E-state index contributed by atoms with van der Waals surface area (Å²) in [7, 11) is -4.27. The van der Waals surface area contributed by atoms with Crippen molar-refractivity contribution < 1.29 is 26.8 Å². The third kappa shape index (κ3) is 4.00. The minimum Gasteiger partial charge on any atom is -0.312 e. The number of carbonyl (C=O) groups excluding carboxylic acids is 2. The van der Waals surface area contributed by atoms with Gasteiger partial charge < -0.3 is 4.90 Å². The minimum atomic E-state index is -4.27. The second-order valence-corrected chi connectivity index (χ2v) is 10.0. The Hall–Kier alpha value is -2.85. The largest absolute Gasteiger partial charge is 0.332 e. The van der Waals surface area contributed by atoms with Crippen LogP contribution in [-0.2, 0) is 14.8 Å². The average Bonchev–Trinajstić information content (AvgIpc) is 2.97. The van der Waals surface area contributed by atoms with Gasteiger partial charge in [-0.25, -0.2) is 31.6 Å². The summed E-state index contributed by atoms with van der Waals surface area (Å²) in [6.45, 7) is 4.26. The summed E-state index contributed by atoms with van der Waals surface area (Å²) in [6, 6.07) is 7.47. The highest BCUT2D eigenvalue weighted by molar-refractivity contribution is 7.89. The van der Waals surface area contributed by atoms with Gasteiger partial charge in [0.05, 0.1) is 5.69 Å². The van der Waals surface area contributed by atoms with Gasteiger partial charge in [-0.15, -0.1) is 0 Å². The quantitative estimate of drug-likeness (QED) is 0.689. The molecule has 0 bridgehead atoms. The molecule has 0 spiro atoms. The molecule has 2 heterocycles. The van der Waals surface area contributed by atoms with Crippen molar-refractivity contribution in [1.29, 1.82) is 0 Å². The van der Waals surface area contributed by atoms with E-state index in [1.165, 1.54) is 4.90 Å². The highest BCUT2D eigenvalue weighted by Gasteiger charge is 2.49. The van der Waals surface area contributed by atoms with Gasteiger partial charge in [-0.2, -0.15) is 0 Å². The Morgan fingerprint density at radius 2 is 1.75 bits per heavy atom. The number of imide groups is 1. The molecule has 2 aliphatic rings. The van der Waals surface area contributed by atoms with Gasteiger partial charge in [0.1, 0.15) is 22.6 Å². The second kappa shape index (κ2) is 8.25. The molecular weight excluding hydrogens is 440 g/mol. The molecule has 0 radical (unpaired) electrons. The van der Waals surface area contributed by atoms with E-state index >= 15 is 0 Å². The molecule has 10 heteroatoms. The maximum absolute atomic E-state index is 14.0. The number of carbonyl (C=O) groups is 2. The Morgan fingerprint density at radius 3 is 2.38 bits per heavy atom. The van der Waals surface area contributed by atoms with Crippen LogP contribution < -0.4 is 9.62 Å². The average molecular weight is 464 g/mol. The summed E-state index contributed by atoms with van der Waals surface area (Å²) in [5, 5.41) is 0. The first-order valence-corrected chi connectivity index (χ1v) is 11.8. The Labute approximate surface area is 185 Å². The van der Waals surface area contributed by atoms with Gasteiger partial charge in [0, 0.05) is 18.7 Å². The molecule has 0 aromatic heterocycles. The molecule has 2 aromatic carbocycles. The standard InChI is InChI=1S/C22H23F2N3O4S/c1-13(2)14-3-6-17(7-4-14)27-21(28)19-12-16(9-10-26(19)22(27)29)25-32(30,31)20-8-5-15(23)11-18(20)24/h3-8,11,13,16,19,25H,9-10,12H2,1-2H3. The van der Waals surface area contributed by atoms with Gasteiger partial charge in [-0.05, 0) is 48.6 Å². The van der Waals surface area contributed by atoms with Crippen LogP contribution in [0.5, 0.6) is 0 Å². The molecule has 1 N–H and O–H groups in total. The third-order valence-corrected chi connectivity index (χ3v) is 7.42.